The number of rotatable bonds is 14. The Kier molecular flexibility index (Phi) is 9.59. The maximum Gasteiger partial charge on any atom is 0.332 e. The van der Waals surface area contributed by atoms with Crippen molar-refractivity contribution < 1.29 is 4.74 Å². The first kappa shape index (κ1) is 30.8. The number of benzene rings is 3. The van der Waals surface area contributed by atoms with Crippen LogP contribution < -0.4 is 11.2 Å². The maximum atomic E-state index is 14.0. The average Bonchev–Trinajstić information content (AvgIpc) is 3.75. The number of aromatic nitrogens is 8. The molecule has 236 valence electrons. The zero-order chi connectivity index (χ0) is 31.9. The number of imidazole rings is 1. The van der Waals surface area contributed by atoms with Crippen LogP contribution in [0.5, 0.6) is 0 Å². The number of ether oxygens (including phenoxy) is 1. The lowest BCUT2D eigenvalue weighted by Gasteiger charge is -2.14. The zero-order valence-electron chi connectivity index (χ0n) is 26.2. The van der Waals surface area contributed by atoms with Crippen LogP contribution in [0.2, 0.25) is 0 Å². The maximum absolute atomic E-state index is 14.0. The Labute approximate surface area is 266 Å². The predicted molar refractivity (Wildman–Crippen MR) is 178 cm³/mol. The average molecular weight is 619 g/mol. The Bertz CT molecular complexity index is 2010. The minimum absolute atomic E-state index is 0.167. The fourth-order valence-electron chi connectivity index (χ4n) is 5.87. The third-order valence-corrected chi connectivity index (χ3v) is 8.30. The highest BCUT2D eigenvalue weighted by atomic mass is 16.5. The van der Waals surface area contributed by atoms with Gasteiger partial charge in [0.2, 0.25) is 5.82 Å². The van der Waals surface area contributed by atoms with Gasteiger partial charge in [-0.2, -0.15) is 5.21 Å². The number of aryl methyl sites for hydroxylation is 3. The molecule has 0 bridgehead atoms. The van der Waals surface area contributed by atoms with Gasteiger partial charge in [0.1, 0.15) is 5.82 Å². The van der Waals surface area contributed by atoms with E-state index >= 15 is 0 Å². The molecule has 6 aromatic rings. The minimum atomic E-state index is -0.361. The van der Waals surface area contributed by atoms with Crippen LogP contribution in [0.25, 0.3) is 33.7 Å². The highest BCUT2D eigenvalue weighted by molar-refractivity contribution is 5.80. The van der Waals surface area contributed by atoms with Crippen LogP contribution >= 0.6 is 0 Å². The molecule has 3 heterocycles. The van der Waals surface area contributed by atoms with Gasteiger partial charge in [0.05, 0.1) is 13.2 Å². The first-order valence-corrected chi connectivity index (χ1v) is 15.8. The molecule has 3 aromatic heterocycles. The lowest BCUT2D eigenvalue weighted by molar-refractivity contribution is 0.184. The second-order valence-corrected chi connectivity index (χ2v) is 11.3. The molecule has 0 aliphatic carbocycles. The largest absolute Gasteiger partial charge is 0.383 e. The Morgan fingerprint density at radius 1 is 0.783 bits per heavy atom. The van der Waals surface area contributed by atoms with Gasteiger partial charge in [-0.15, -0.1) is 10.2 Å². The van der Waals surface area contributed by atoms with Crippen LogP contribution in [0.15, 0.2) is 88.5 Å². The molecule has 0 amide bonds. The number of nitrogens with one attached hydrogen (secondary N) is 1. The van der Waals surface area contributed by atoms with Crippen molar-refractivity contribution in [1.82, 2.24) is 39.3 Å². The summed E-state index contributed by atoms with van der Waals surface area (Å²) in [6, 6.07) is 26.3. The summed E-state index contributed by atoms with van der Waals surface area (Å²) in [7, 11) is 1.57. The molecule has 0 radical (unpaired) electrons. The number of unbranched alkanes of at least 4 members (excludes halogenated alkanes) is 2. The molecule has 11 heteroatoms. The highest BCUT2D eigenvalue weighted by Gasteiger charge is 2.22. The van der Waals surface area contributed by atoms with Crippen molar-refractivity contribution in [3.05, 3.63) is 117 Å². The van der Waals surface area contributed by atoms with Gasteiger partial charge < -0.3 is 9.30 Å². The van der Waals surface area contributed by atoms with Crippen molar-refractivity contribution in [2.75, 3.05) is 13.7 Å². The summed E-state index contributed by atoms with van der Waals surface area (Å²) in [5.41, 5.74) is 5.20. The van der Waals surface area contributed by atoms with Crippen molar-refractivity contribution in [1.29, 1.82) is 0 Å². The Hall–Kier alpha value is -5.16. The molecule has 11 nitrogen and oxygen atoms in total. The quantitative estimate of drug-likeness (QED) is 0.173. The van der Waals surface area contributed by atoms with E-state index in [-0.39, 0.29) is 24.4 Å². The van der Waals surface area contributed by atoms with Gasteiger partial charge in [0, 0.05) is 32.2 Å². The summed E-state index contributed by atoms with van der Waals surface area (Å²) >= 11 is 0. The Morgan fingerprint density at radius 3 is 2.26 bits per heavy atom. The molecular weight excluding hydrogens is 580 g/mol. The number of H-pyrrole nitrogens is 1. The summed E-state index contributed by atoms with van der Waals surface area (Å²) in [5.74, 6) is 1.34. The number of nitrogens with zero attached hydrogens (tertiary/aromatic N) is 7. The van der Waals surface area contributed by atoms with E-state index in [0.717, 1.165) is 52.9 Å². The molecule has 1 N–H and O–H groups in total. The first-order valence-electron chi connectivity index (χ1n) is 15.8. The van der Waals surface area contributed by atoms with Crippen LogP contribution in [0, 0.1) is 0 Å². The first-order chi connectivity index (χ1) is 22.6. The van der Waals surface area contributed by atoms with Crippen LogP contribution in [0.1, 0.15) is 43.1 Å². The van der Waals surface area contributed by atoms with Crippen LogP contribution in [-0.2, 0) is 37.2 Å². The highest BCUT2D eigenvalue weighted by Crippen LogP contribution is 2.30. The van der Waals surface area contributed by atoms with Gasteiger partial charge >= 0.3 is 5.69 Å². The second kappa shape index (κ2) is 14.3. The SMILES string of the molecule is CCCCCc1nc2c(c(=O)n(CCOC)c(=O)n2CCc2ccccc2)n1Cc1ccc(-c2ccccc2-c2nn[nH]n2)cc1. The van der Waals surface area contributed by atoms with E-state index in [1.807, 2.05) is 59.2 Å². The molecule has 0 spiro atoms. The number of hydrogen-bond donors (Lipinski definition) is 1. The molecule has 6 rings (SSSR count). The van der Waals surface area contributed by atoms with Gasteiger partial charge in [0.15, 0.2) is 11.2 Å². The van der Waals surface area contributed by atoms with Gasteiger partial charge in [0.25, 0.3) is 5.56 Å². The molecular formula is C35H38N8O3. The topological polar surface area (TPSA) is 126 Å². The van der Waals surface area contributed by atoms with E-state index < -0.39 is 0 Å². The number of methoxy groups -OCH3 is 1. The number of aromatic amines is 1. The molecule has 46 heavy (non-hydrogen) atoms. The lowest BCUT2D eigenvalue weighted by Crippen LogP contribution is -2.41. The van der Waals surface area contributed by atoms with E-state index in [1.165, 1.54) is 4.57 Å². The third-order valence-electron chi connectivity index (χ3n) is 8.30. The molecule has 0 aliphatic heterocycles. The normalized spacial score (nSPS) is 11.4. The van der Waals surface area contributed by atoms with Crippen molar-refractivity contribution >= 4 is 11.2 Å². The Balaban J connectivity index is 1.42. The monoisotopic (exact) mass is 618 g/mol. The van der Waals surface area contributed by atoms with Crippen LogP contribution in [-0.4, -0.2) is 53.0 Å². The van der Waals surface area contributed by atoms with Crippen LogP contribution in [0.3, 0.4) is 0 Å². The summed E-state index contributed by atoms with van der Waals surface area (Å²) in [6.45, 7) is 3.44. The van der Waals surface area contributed by atoms with Crippen molar-refractivity contribution in [2.45, 2.75) is 58.7 Å². The molecule has 0 atom stereocenters. The molecule has 0 aliphatic rings. The third kappa shape index (κ3) is 6.45. The van der Waals surface area contributed by atoms with Gasteiger partial charge in [-0.3, -0.25) is 13.9 Å². The summed E-state index contributed by atoms with van der Waals surface area (Å²) in [6.07, 6.45) is 4.42. The van der Waals surface area contributed by atoms with Gasteiger partial charge in [-0.1, -0.05) is 98.6 Å². The summed E-state index contributed by atoms with van der Waals surface area (Å²) in [4.78, 5) is 32.8. The predicted octanol–water partition coefficient (Wildman–Crippen LogP) is 4.88. The fraction of sp³-hybridized carbons (Fsp3) is 0.314. The molecule has 3 aromatic carbocycles. The van der Waals surface area contributed by atoms with E-state index in [2.05, 4.69) is 51.8 Å². The second-order valence-electron chi connectivity index (χ2n) is 11.3. The molecule has 0 fully saturated rings. The van der Waals surface area contributed by atoms with E-state index in [4.69, 9.17) is 9.72 Å². The van der Waals surface area contributed by atoms with Crippen molar-refractivity contribution in [3.8, 4) is 22.5 Å². The van der Waals surface area contributed by atoms with Gasteiger partial charge in [-0.05, 0) is 40.3 Å². The smallest absolute Gasteiger partial charge is 0.332 e. The minimum Gasteiger partial charge on any atom is -0.383 e. The Morgan fingerprint density at radius 2 is 1.54 bits per heavy atom. The van der Waals surface area contributed by atoms with E-state index in [9.17, 15) is 9.59 Å². The van der Waals surface area contributed by atoms with Gasteiger partial charge in [-0.25, -0.2) is 9.78 Å². The number of tetrazole rings is 1. The lowest BCUT2D eigenvalue weighted by atomic mass is 9.98. The molecule has 0 saturated carbocycles. The van der Waals surface area contributed by atoms with Crippen molar-refractivity contribution in [2.24, 2.45) is 0 Å². The molecule has 0 unspecified atom stereocenters. The van der Waals surface area contributed by atoms with E-state index in [0.29, 0.717) is 42.9 Å². The summed E-state index contributed by atoms with van der Waals surface area (Å²) < 4.78 is 10.2. The van der Waals surface area contributed by atoms with Crippen molar-refractivity contribution in [3.63, 3.8) is 0 Å². The number of fused-ring (bicyclic) bond motifs is 1. The summed E-state index contributed by atoms with van der Waals surface area (Å²) in [5, 5.41) is 14.6. The number of hydrogen-bond acceptors (Lipinski definition) is 7. The zero-order valence-corrected chi connectivity index (χ0v) is 26.2. The fourth-order valence-corrected chi connectivity index (χ4v) is 5.87. The molecule has 0 saturated heterocycles. The standard InChI is InChI=1S/C35H38N8O3/c1-3-4-6-15-30-36-33-31(34(44)42(22-23-46-2)35(45)41(33)21-20-25-11-7-5-8-12-25)43(30)24-26-16-18-27(19-17-26)28-13-9-10-14-29(28)32-37-39-40-38-32/h5,7-14,16-19H,3-4,6,15,20-24H2,1-2H3,(H,37,38,39,40). The van der Waals surface area contributed by atoms with E-state index in [1.54, 1.807) is 11.7 Å². The van der Waals surface area contributed by atoms with Crippen LogP contribution in [0.4, 0.5) is 0 Å².